The zero-order valence-electron chi connectivity index (χ0n) is 12.6. The number of hydrogen-bond acceptors (Lipinski definition) is 3. The molecule has 8 heteroatoms. The number of hydrogen-bond donors (Lipinski definition) is 1. The van der Waals surface area contributed by atoms with Crippen molar-refractivity contribution in [1.29, 1.82) is 0 Å². The van der Waals surface area contributed by atoms with E-state index in [1.807, 2.05) is 24.5 Å². The molecule has 0 saturated carbocycles. The SMILES string of the molecule is O=C(Nc1ccc(Cl)cc1-n1cccc1)c1ccc([N+](=O)[O-])cc1Cl. The van der Waals surface area contributed by atoms with Gasteiger partial charge in [-0.25, -0.2) is 0 Å². The highest BCUT2D eigenvalue weighted by Crippen LogP contribution is 2.27. The van der Waals surface area contributed by atoms with Crippen molar-refractivity contribution in [2.45, 2.75) is 0 Å². The number of carbonyl (C=O) groups is 1. The average Bonchev–Trinajstić information content (AvgIpc) is 3.10. The van der Waals surface area contributed by atoms with Gasteiger partial charge in [0.05, 0.1) is 26.9 Å². The Kier molecular flexibility index (Phi) is 4.74. The van der Waals surface area contributed by atoms with Crippen molar-refractivity contribution in [3.63, 3.8) is 0 Å². The van der Waals surface area contributed by atoms with Gasteiger partial charge >= 0.3 is 0 Å². The summed E-state index contributed by atoms with van der Waals surface area (Å²) in [7, 11) is 0. The van der Waals surface area contributed by atoms with Crippen molar-refractivity contribution in [3.05, 3.63) is 86.6 Å². The lowest BCUT2D eigenvalue weighted by molar-refractivity contribution is -0.384. The molecule has 1 aromatic heterocycles. The number of nitro groups is 1. The Bertz CT molecular complexity index is 956. The number of amides is 1. The molecule has 0 unspecified atom stereocenters. The molecule has 0 aliphatic rings. The summed E-state index contributed by atoms with van der Waals surface area (Å²) in [6, 6.07) is 12.4. The Labute approximate surface area is 152 Å². The summed E-state index contributed by atoms with van der Waals surface area (Å²) < 4.78 is 1.80. The van der Waals surface area contributed by atoms with Crippen LogP contribution in [0.1, 0.15) is 10.4 Å². The molecule has 0 spiro atoms. The van der Waals surface area contributed by atoms with Gasteiger partial charge < -0.3 is 9.88 Å². The van der Waals surface area contributed by atoms with Crippen molar-refractivity contribution in [1.82, 2.24) is 4.57 Å². The minimum atomic E-state index is -0.573. The maximum absolute atomic E-state index is 12.5. The number of nitro benzene ring substituents is 1. The summed E-state index contributed by atoms with van der Waals surface area (Å²) >= 11 is 12.1. The molecule has 126 valence electrons. The fraction of sp³-hybridized carbons (Fsp3) is 0. The molecular weight excluding hydrogens is 365 g/mol. The molecule has 2 aromatic carbocycles. The van der Waals surface area contributed by atoms with Gasteiger partial charge in [0, 0.05) is 29.5 Å². The van der Waals surface area contributed by atoms with E-state index in [2.05, 4.69) is 5.32 Å². The standard InChI is InChI=1S/C17H11Cl2N3O3/c18-11-3-6-15(16(9-11)21-7-1-2-8-21)20-17(23)13-5-4-12(22(24)25)10-14(13)19/h1-10H,(H,20,23). The van der Waals surface area contributed by atoms with Crippen LogP contribution in [0.4, 0.5) is 11.4 Å². The van der Waals surface area contributed by atoms with Gasteiger partial charge in [-0.15, -0.1) is 0 Å². The van der Waals surface area contributed by atoms with Gasteiger partial charge in [0.2, 0.25) is 0 Å². The minimum Gasteiger partial charge on any atom is -0.322 e. The van der Waals surface area contributed by atoms with E-state index < -0.39 is 10.8 Å². The number of non-ortho nitro benzene ring substituents is 1. The number of benzene rings is 2. The molecule has 0 fully saturated rings. The summed E-state index contributed by atoms with van der Waals surface area (Å²) in [6.45, 7) is 0. The number of aromatic nitrogens is 1. The molecule has 0 radical (unpaired) electrons. The van der Waals surface area contributed by atoms with Crippen LogP contribution in [0, 0.1) is 10.1 Å². The van der Waals surface area contributed by atoms with Gasteiger partial charge in [0.15, 0.2) is 0 Å². The monoisotopic (exact) mass is 375 g/mol. The van der Waals surface area contributed by atoms with Crippen molar-refractivity contribution >= 4 is 40.5 Å². The molecule has 0 aliphatic carbocycles. The van der Waals surface area contributed by atoms with Crippen LogP contribution >= 0.6 is 23.2 Å². The fourth-order valence-electron chi connectivity index (χ4n) is 2.31. The Morgan fingerprint density at radius 3 is 2.44 bits per heavy atom. The zero-order chi connectivity index (χ0) is 18.0. The van der Waals surface area contributed by atoms with Crippen LogP contribution in [0.15, 0.2) is 60.9 Å². The normalized spacial score (nSPS) is 10.5. The maximum atomic E-state index is 12.5. The van der Waals surface area contributed by atoms with Crippen LogP contribution < -0.4 is 5.32 Å². The highest BCUT2D eigenvalue weighted by molar-refractivity contribution is 6.34. The Balaban J connectivity index is 1.93. The Hall–Kier alpha value is -2.83. The van der Waals surface area contributed by atoms with E-state index in [4.69, 9.17) is 23.2 Å². The van der Waals surface area contributed by atoms with Crippen LogP contribution in [0.25, 0.3) is 5.69 Å². The van der Waals surface area contributed by atoms with E-state index in [1.165, 1.54) is 12.1 Å². The largest absolute Gasteiger partial charge is 0.322 e. The first-order valence-corrected chi connectivity index (χ1v) is 7.89. The van der Waals surface area contributed by atoms with Crippen molar-refractivity contribution < 1.29 is 9.72 Å². The molecule has 1 heterocycles. The summed E-state index contributed by atoms with van der Waals surface area (Å²) in [6.07, 6.45) is 3.64. The quantitative estimate of drug-likeness (QED) is 0.517. The van der Waals surface area contributed by atoms with Crippen LogP contribution in [0.5, 0.6) is 0 Å². The van der Waals surface area contributed by atoms with Gasteiger partial charge in [0.1, 0.15) is 0 Å². The molecule has 0 atom stereocenters. The minimum absolute atomic E-state index is 0.00294. The number of anilines is 1. The number of nitrogens with one attached hydrogen (secondary N) is 1. The molecule has 25 heavy (non-hydrogen) atoms. The van der Waals surface area contributed by atoms with Crippen LogP contribution in [-0.2, 0) is 0 Å². The van der Waals surface area contributed by atoms with Gasteiger partial charge in [-0.2, -0.15) is 0 Å². The third-order valence-corrected chi connectivity index (χ3v) is 4.05. The first-order valence-electron chi connectivity index (χ1n) is 7.14. The molecule has 1 amide bonds. The van der Waals surface area contributed by atoms with E-state index in [1.54, 1.807) is 22.8 Å². The first kappa shape index (κ1) is 17.0. The highest BCUT2D eigenvalue weighted by Gasteiger charge is 2.16. The Morgan fingerprint density at radius 1 is 1.08 bits per heavy atom. The van der Waals surface area contributed by atoms with E-state index >= 15 is 0 Å². The van der Waals surface area contributed by atoms with Gasteiger partial charge in [-0.1, -0.05) is 23.2 Å². The van der Waals surface area contributed by atoms with Crippen LogP contribution in [0.2, 0.25) is 10.0 Å². The number of carbonyl (C=O) groups excluding carboxylic acids is 1. The summed E-state index contributed by atoms with van der Waals surface area (Å²) in [5.41, 5.74) is 1.17. The first-order chi connectivity index (χ1) is 12.0. The predicted octanol–water partition coefficient (Wildman–Crippen LogP) is 4.94. The van der Waals surface area contributed by atoms with Gasteiger partial charge in [0.25, 0.3) is 11.6 Å². The number of rotatable bonds is 4. The third-order valence-electron chi connectivity index (χ3n) is 3.50. The molecular formula is C17H11Cl2N3O3. The lowest BCUT2D eigenvalue weighted by Crippen LogP contribution is -2.14. The zero-order valence-corrected chi connectivity index (χ0v) is 14.2. The van der Waals surface area contributed by atoms with Gasteiger partial charge in [-0.05, 0) is 36.4 Å². The van der Waals surface area contributed by atoms with Crippen molar-refractivity contribution in [3.8, 4) is 5.69 Å². The summed E-state index contributed by atoms with van der Waals surface area (Å²) in [5, 5.41) is 14.0. The Morgan fingerprint density at radius 2 is 1.80 bits per heavy atom. The van der Waals surface area contributed by atoms with Crippen LogP contribution in [-0.4, -0.2) is 15.4 Å². The highest BCUT2D eigenvalue weighted by atomic mass is 35.5. The van der Waals surface area contributed by atoms with Crippen LogP contribution in [0.3, 0.4) is 0 Å². The van der Waals surface area contributed by atoms with Crippen molar-refractivity contribution in [2.24, 2.45) is 0 Å². The third kappa shape index (κ3) is 3.65. The number of halogens is 2. The van der Waals surface area contributed by atoms with E-state index in [0.717, 1.165) is 6.07 Å². The molecule has 3 aromatic rings. The molecule has 1 N–H and O–H groups in total. The average molecular weight is 376 g/mol. The van der Waals surface area contributed by atoms with Crippen molar-refractivity contribution in [2.75, 3.05) is 5.32 Å². The van der Waals surface area contributed by atoms with E-state index in [9.17, 15) is 14.9 Å². The second kappa shape index (κ2) is 6.96. The molecule has 0 aliphatic heterocycles. The van der Waals surface area contributed by atoms with Gasteiger partial charge in [-0.3, -0.25) is 14.9 Å². The summed E-state index contributed by atoms with van der Waals surface area (Å²) in [4.78, 5) is 22.7. The maximum Gasteiger partial charge on any atom is 0.270 e. The summed E-state index contributed by atoms with van der Waals surface area (Å²) in [5.74, 6) is -0.476. The van der Waals surface area contributed by atoms with E-state index in [0.29, 0.717) is 16.4 Å². The smallest absolute Gasteiger partial charge is 0.270 e. The second-order valence-electron chi connectivity index (χ2n) is 5.13. The lowest BCUT2D eigenvalue weighted by Gasteiger charge is -2.13. The predicted molar refractivity (Wildman–Crippen MR) is 96.8 cm³/mol. The molecule has 0 saturated heterocycles. The second-order valence-corrected chi connectivity index (χ2v) is 5.97. The fourth-order valence-corrected chi connectivity index (χ4v) is 2.74. The lowest BCUT2D eigenvalue weighted by atomic mass is 10.1. The molecule has 0 bridgehead atoms. The molecule has 6 nitrogen and oxygen atoms in total. The topological polar surface area (TPSA) is 77.2 Å². The van der Waals surface area contributed by atoms with E-state index in [-0.39, 0.29) is 16.3 Å². The number of nitrogens with zero attached hydrogens (tertiary/aromatic N) is 2. The molecule has 3 rings (SSSR count).